The van der Waals surface area contributed by atoms with Crippen LogP contribution in [-0.2, 0) is 11.3 Å². The zero-order chi connectivity index (χ0) is 12.7. The topological polar surface area (TPSA) is 32.7 Å². The zero-order valence-electron chi connectivity index (χ0n) is 10.4. The highest BCUT2D eigenvalue weighted by molar-refractivity contribution is 5.53. The van der Waals surface area contributed by atoms with Gasteiger partial charge < -0.3 is 14.7 Å². The van der Waals surface area contributed by atoms with Crippen LogP contribution in [-0.4, -0.2) is 31.4 Å². The number of hydrogen-bond acceptors (Lipinski definition) is 3. The molecule has 0 amide bonds. The van der Waals surface area contributed by atoms with Crippen molar-refractivity contribution in [2.45, 2.75) is 20.5 Å². The summed E-state index contributed by atoms with van der Waals surface area (Å²) >= 11 is 0. The summed E-state index contributed by atoms with van der Waals surface area (Å²) in [5.41, 5.74) is 1.49. The molecule has 17 heavy (non-hydrogen) atoms. The van der Waals surface area contributed by atoms with Gasteiger partial charge in [-0.15, -0.1) is 0 Å². The van der Waals surface area contributed by atoms with Gasteiger partial charge in [-0.1, -0.05) is 0 Å². The maximum absolute atomic E-state index is 13.1. The minimum absolute atomic E-state index is 0.155. The molecule has 0 aliphatic heterocycles. The fourth-order valence-corrected chi connectivity index (χ4v) is 1.76. The van der Waals surface area contributed by atoms with Crippen molar-refractivity contribution in [3.63, 3.8) is 0 Å². The normalized spacial score (nSPS) is 10.6. The Morgan fingerprint density at radius 2 is 2.12 bits per heavy atom. The van der Waals surface area contributed by atoms with Crippen molar-refractivity contribution in [2.24, 2.45) is 0 Å². The predicted octanol–water partition coefficient (Wildman–Crippen LogP) is 2.18. The van der Waals surface area contributed by atoms with Gasteiger partial charge in [0.1, 0.15) is 5.82 Å². The number of hydrogen-bond donors (Lipinski definition) is 1. The van der Waals surface area contributed by atoms with Gasteiger partial charge in [-0.25, -0.2) is 4.39 Å². The number of ether oxygens (including phenoxy) is 1. The molecule has 0 heterocycles. The largest absolute Gasteiger partial charge is 0.392 e. The Labute approximate surface area is 102 Å². The highest BCUT2D eigenvalue weighted by atomic mass is 19.1. The molecule has 0 aromatic heterocycles. The van der Waals surface area contributed by atoms with Crippen molar-refractivity contribution in [2.75, 3.05) is 31.2 Å². The van der Waals surface area contributed by atoms with Crippen LogP contribution in [0.1, 0.15) is 19.4 Å². The molecule has 0 fully saturated rings. The summed E-state index contributed by atoms with van der Waals surface area (Å²) in [7, 11) is 0. The Kier molecular flexibility index (Phi) is 5.94. The molecule has 0 aliphatic carbocycles. The van der Waals surface area contributed by atoms with E-state index in [4.69, 9.17) is 4.74 Å². The van der Waals surface area contributed by atoms with Gasteiger partial charge in [0.15, 0.2) is 0 Å². The molecule has 0 aliphatic rings. The zero-order valence-corrected chi connectivity index (χ0v) is 10.4. The van der Waals surface area contributed by atoms with Crippen LogP contribution in [0.15, 0.2) is 18.2 Å². The molecule has 0 unspecified atom stereocenters. The summed E-state index contributed by atoms with van der Waals surface area (Å²) < 4.78 is 18.4. The van der Waals surface area contributed by atoms with Gasteiger partial charge in [0.05, 0.1) is 13.2 Å². The molecule has 4 heteroatoms. The summed E-state index contributed by atoms with van der Waals surface area (Å²) in [4.78, 5) is 2.07. The third-order valence-electron chi connectivity index (χ3n) is 2.64. The van der Waals surface area contributed by atoms with E-state index >= 15 is 0 Å². The lowest BCUT2D eigenvalue weighted by Crippen LogP contribution is -2.28. The fourth-order valence-electron chi connectivity index (χ4n) is 1.76. The predicted molar refractivity (Wildman–Crippen MR) is 66.7 cm³/mol. The molecule has 0 spiro atoms. The van der Waals surface area contributed by atoms with Gasteiger partial charge in [-0.3, -0.25) is 0 Å². The second-order valence-electron chi connectivity index (χ2n) is 3.71. The number of halogens is 1. The highest BCUT2D eigenvalue weighted by Crippen LogP contribution is 2.21. The molecule has 0 atom stereocenters. The first-order valence-electron chi connectivity index (χ1n) is 5.94. The average Bonchev–Trinajstić information content (AvgIpc) is 2.35. The molecule has 0 radical (unpaired) electrons. The number of likely N-dealkylation sites (N-methyl/N-ethyl adjacent to an activating group) is 1. The van der Waals surface area contributed by atoms with E-state index < -0.39 is 0 Å². The van der Waals surface area contributed by atoms with E-state index in [2.05, 4.69) is 4.90 Å². The fraction of sp³-hybridized carbons (Fsp3) is 0.538. The summed E-state index contributed by atoms with van der Waals surface area (Å²) in [6, 6.07) is 4.49. The Balaban J connectivity index is 2.79. The monoisotopic (exact) mass is 241 g/mol. The molecule has 1 rings (SSSR count). The minimum Gasteiger partial charge on any atom is -0.392 e. The standard InChI is InChI=1S/C13H20FNO2/c1-3-15(7-8-17-4-2)13-6-5-12(14)9-11(13)10-16/h5-6,9,16H,3-4,7-8,10H2,1-2H3. The summed E-state index contributed by atoms with van der Waals surface area (Å²) in [6.45, 7) is 6.68. The van der Waals surface area contributed by atoms with Crippen LogP contribution in [0.25, 0.3) is 0 Å². The quantitative estimate of drug-likeness (QED) is 0.743. The number of benzene rings is 1. The molecular formula is C13H20FNO2. The Bertz CT molecular complexity index is 344. The number of nitrogens with zero attached hydrogens (tertiary/aromatic N) is 1. The summed E-state index contributed by atoms with van der Waals surface area (Å²) in [6.07, 6.45) is 0. The number of aliphatic hydroxyl groups excluding tert-OH is 1. The van der Waals surface area contributed by atoms with Crippen molar-refractivity contribution in [3.05, 3.63) is 29.6 Å². The first-order chi connectivity index (χ1) is 8.22. The van der Waals surface area contributed by atoms with Crippen molar-refractivity contribution < 1.29 is 14.2 Å². The van der Waals surface area contributed by atoms with Crippen molar-refractivity contribution in [1.29, 1.82) is 0 Å². The molecule has 0 saturated heterocycles. The van der Waals surface area contributed by atoms with Crippen LogP contribution in [0.2, 0.25) is 0 Å². The minimum atomic E-state index is -0.321. The van der Waals surface area contributed by atoms with E-state index in [0.717, 1.165) is 18.8 Å². The first kappa shape index (κ1) is 13.9. The van der Waals surface area contributed by atoms with Crippen LogP contribution in [0, 0.1) is 5.82 Å². The number of anilines is 1. The maximum Gasteiger partial charge on any atom is 0.123 e. The van der Waals surface area contributed by atoms with Gasteiger partial charge in [0, 0.05) is 30.9 Å². The van der Waals surface area contributed by atoms with Crippen LogP contribution < -0.4 is 4.90 Å². The van der Waals surface area contributed by atoms with E-state index in [9.17, 15) is 9.50 Å². The molecular weight excluding hydrogens is 221 g/mol. The van der Waals surface area contributed by atoms with Gasteiger partial charge >= 0.3 is 0 Å². The lowest BCUT2D eigenvalue weighted by Gasteiger charge is -2.25. The average molecular weight is 241 g/mol. The van der Waals surface area contributed by atoms with Crippen LogP contribution >= 0.6 is 0 Å². The summed E-state index contributed by atoms with van der Waals surface area (Å²) in [5, 5.41) is 9.23. The van der Waals surface area contributed by atoms with Crippen LogP contribution in [0.5, 0.6) is 0 Å². The van der Waals surface area contributed by atoms with Crippen LogP contribution in [0.3, 0.4) is 0 Å². The molecule has 1 aromatic carbocycles. The Hall–Kier alpha value is -1.13. The van der Waals surface area contributed by atoms with Crippen LogP contribution in [0.4, 0.5) is 10.1 Å². The number of rotatable bonds is 7. The SMILES string of the molecule is CCOCCN(CC)c1ccc(F)cc1CO. The van der Waals surface area contributed by atoms with E-state index in [1.165, 1.54) is 12.1 Å². The van der Waals surface area contributed by atoms with Crippen molar-refractivity contribution >= 4 is 5.69 Å². The van der Waals surface area contributed by atoms with Crippen molar-refractivity contribution in [1.82, 2.24) is 0 Å². The second kappa shape index (κ2) is 7.25. The summed E-state index contributed by atoms with van der Waals surface area (Å²) in [5.74, 6) is -0.321. The third kappa shape index (κ3) is 3.98. The molecule has 96 valence electrons. The molecule has 3 nitrogen and oxygen atoms in total. The molecule has 1 aromatic rings. The highest BCUT2D eigenvalue weighted by Gasteiger charge is 2.10. The van der Waals surface area contributed by atoms with Gasteiger partial charge in [0.2, 0.25) is 0 Å². The molecule has 1 N–H and O–H groups in total. The molecule has 0 bridgehead atoms. The third-order valence-corrected chi connectivity index (χ3v) is 2.64. The lowest BCUT2D eigenvalue weighted by molar-refractivity contribution is 0.154. The number of aliphatic hydroxyl groups is 1. The van der Waals surface area contributed by atoms with E-state index in [-0.39, 0.29) is 12.4 Å². The van der Waals surface area contributed by atoms with Crippen molar-refractivity contribution in [3.8, 4) is 0 Å². The van der Waals surface area contributed by atoms with E-state index in [1.54, 1.807) is 6.07 Å². The Morgan fingerprint density at radius 1 is 1.35 bits per heavy atom. The molecule has 0 saturated carbocycles. The smallest absolute Gasteiger partial charge is 0.123 e. The lowest BCUT2D eigenvalue weighted by atomic mass is 10.1. The maximum atomic E-state index is 13.1. The van der Waals surface area contributed by atoms with E-state index in [0.29, 0.717) is 18.8 Å². The first-order valence-corrected chi connectivity index (χ1v) is 5.94. The Morgan fingerprint density at radius 3 is 2.71 bits per heavy atom. The van der Waals surface area contributed by atoms with E-state index in [1.807, 2.05) is 13.8 Å². The van der Waals surface area contributed by atoms with Gasteiger partial charge in [0.25, 0.3) is 0 Å². The second-order valence-corrected chi connectivity index (χ2v) is 3.71. The van der Waals surface area contributed by atoms with Gasteiger partial charge in [-0.05, 0) is 32.0 Å². The van der Waals surface area contributed by atoms with Gasteiger partial charge in [-0.2, -0.15) is 0 Å².